The highest BCUT2D eigenvalue weighted by Gasteiger charge is 2.40. The van der Waals surface area contributed by atoms with Crippen molar-refractivity contribution in [1.82, 2.24) is 15.5 Å². The fourth-order valence-corrected chi connectivity index (χ4v) is 1.41. The maximum atomic E-state index is 10.6. The van der Waals surface area contributed by atoms with Crippen molar-refractivity contribution >= 4 is 6.03 Å². The Bertz CT molecular complexity index is 200. The fourth-order valence-electron chi connectivity index (χ4n) is 1.41. The zero-order valence-electron chi connectivity index (χ0n) is 7.16. The fraction of sp³-hybridized carbons (Fsp3) is 0.833. The highest BCUT2D eigenvalue weighted by atomic mass is 16.3. The van der Waals surface area contributed by atoms with Crippen LogP contribution in [0.15, 0.2) is 0 Å². The van der Waals surface area contributed by atoms with Crippen molar-refractivity contribution in [2.45, 2.75) is 5.79 Å². The Labute approximate surface area is 75.5 Å². The minimum Gasteiger partial charge on any atom is -0.391 e. The van der Waals surface area contributed by atoms with E-state index in [0.29, 0.717) is 13.1 Å². The van der Waals surface area contributed by atoms with E-state index in [-0.39, 0.29) is 13.3 Å². The van der Waals surface area contributed by atoms with Crippen LogP contribution in [-0.2, 0) is 0 Å². The molecule has 0 aromatic heterocycles. The Hall–Kier alpha value is -0.890. The molecule has 0 bridgehead atoms. The molecule has 1 fully saturated rings. The topological polar surface area (TPSA) is 111 Å². The van der Waals surface area contributed by atoms with Gasteiger partial charge >= 0.3 is 6.03 Å². The van der Waals surface area contributed by atoms with Gasteiger partial charge in [-0.05, 0) is 0 Å². The molecular formula is C6H14N4O3. The van der Waals surface area contributed by atoms with Crippen LogP contribution >= 0.6 is 0 Å². The van der Waals surface area contributed by atoms with Crippen LogP contribution in [0.2, 0.25) is 0 Å². The van der Waals surface area contributed by atoms with Gasteiger partial charge in [0.25, 0.3) is 0 Å². The molecule has 1 unspecified atom stereocenters. The Kier molecular flexibility index (Phi) is 3.04. The number of carbonyl (C=O) groups excluding carboxylic acids is 1. The molecular weight excluding hydrogens is 176 g/mol. The first kappa shape index (κ1) is 10.2. The molecule has 1 aliphatic rings. The van der Waals surface area contributed by atoms with E-state index in [1.54, 1.807) is 0 Å². The summed E-state index contributed by atoms with van der Waals surface area (Å²) < 4.78 is 0. The molecule has 1 heterocycles. The standard InChI is InChI=1S/C6H14N4O3/c7-5(13)9-6(3-11)8-1-2-10(6)4-12/h8,11-12H,1-4H2,(H3,7,9,13). The maximum absolute atomic E-state index is 10.6. The predicted octanol–water partition coefficient (Wildman–Crippen LogP) is -2.84. The number of nitrogens with two attached hydrogens (primary N) is 1. The molecule has 0 radical (unpaired) electrons. The summed E-state index contributed by atoms with van der Waals surface area (Å²) in [5, 5.41) is 23.2. The average Bonchev–Trinajstić information content (AvgIpc) is 2.47. The van der Waals surface area contributed by atoms with Crippen LogP contribution in [0, 0.1) is 0 Å². The van der Waals surface area contributed by atoms with Crippen molar-refractivity contribution in [3.8, 4) is 0 Å². The minimum atomic E-state index is -1.11. The van der Waals surface area contributed by atoms with Crippen LogP contribution in [0.5, 0.6) is 0 Å². The minimum absolute atomic E-state index is 0.256. The number of urea groups is 1. The molecule has 0 aliphatic carbocycles. The molecule has 2 amide bonds. The van der Waals surface area contributed by atoms with E-state index in [0.717, 1.165) is 0 Å². The molecule has 0 saturated carbocycles. The van der Waals surface area contributed by atoms with Crippen molar-refractivity contribution in [3.05, 3.63) is 0 Å². The van der Waals surface area contributed by atoms with Gasteiger partial charge < -0.3 is 21.3 Å². The summed E-state index contributed by atoms with van der Waals surface area (Å²) in [5.41, 5.74) is 4.94. The summed E-state index contributed by atoms with van der Waals surface area (Å²) in [6.45, 7) is 0.503. The molecule has 13 heavy (non-hydrogen) atoms. The molecule has 7 heteroatoms. The Morgan fingerprint density at radius 2 is 2.38 bits per heavy atom. The molecule has 6 N–H and O–H groups in total. The second-order valence-electron chi connectivity index (χ2n) is 2.84. The molecule has 0 spiro atoms. The highest BCUT2D eigenvalue weighted by molar-refractivity contribution is 5.72. The van der Waals surface area contributed by atoms with Crippen LogP contribution in [0.25, 0.3) is 0 Å². The monoisotopic (exact) mass is 190 g/mol. The van der Waals surface area contributed by atoms with Crippen molar-refractivity contribution < 1.29 is 15.0 Å². The zero-order valence-corrected chi connectivity index (χ0v) is 7.16. The molecule has 1 saturated heterocycles. The first-order valence-corrected chi connectivity index (χ1v) is 3.94. The lowest BCUT2D eigenvalue weighted by Crippen LogP contribution is -2.67. The summed E-state index contributed by atoms with van der Waals surface area (Å²) in [7, 11) is 0. The van der Waals surface area contributed by atoms with E-state index in [1.165, 1.54) is 4.90 Å². The quantitative estimate of drug-likeness (QED) is 0.329. The summed E-state index contributed by atoms with van der Waals surface area (Å²) in [5.74, 6) is -1.11. The normalized spacial score (nSPS) is 29.1. The molecule has 0 aromatic rings. The van der Waals surface area contributed by atoms with Crippen molar-refractivity contribution in [1.29, 1.82) is 0 Å². The van der Waals surface area contributed by atoms with Gasteiger partial charge in [0.05, 0.1) is 13.3 Å². The van der Waals surface area contributed by atoms with Gasteiger partial charge in [-0.1, -0.05) is 0 Å². The van der Waals surface area contributed by atoms with Crippen molar-refractivity contribution in [2.24, 2.45) is 5.73 Å². The van der Waals surface area contributed by atoms with E-state index >= 15 is 0 Å². The molecule has 1 atom stereocenters. The second kappa shape index (κ2) is 3.88. The lowest BCUT2D eigenvalue weighted by atomic mass is 10.3. The van der Waals surface area contributed by atoms with Gasteiger partial charge in [-0.2, -0.15) is 0 Å². The average molecular weight is 190 g/mol. The molecule has 1 rings (SSSR count). The number of amides is 2. The van der Waals surface area contributed by atoms with E-state index in [1.807, 2.05) is 0 Å². The number of carbonyl (C=O) groups is 1. The molecule has 1 aliphatic heterocycles. The molecule has 7 nitrogen and oxygen atoms in total. The van der Waals surface area contributed by atoms with Gasteiger partial charge in [-0.25, -0.2) is 9.69 Å². The third-order valence-electron chi connectivity index (χ3n) is 2.07. The van der Waals surface area contributed by atoms with E-state index in [9.17, 15) is 4.79 Å². The number of nitrogens with zero attached hydrogens (tertiary/aromatic N) is 1. The predicted molar refractivity (Wildman–Crippen MR) is 44.3 cm³/mol. The number of rotatable bonds is 3. The Morgan fingerprint density at radius 1 is 1.69 bits per heavy atom. The number of primary amides is 1. The zero-order chi connectivity index (χ0) is 9.90. The summed E-state index contributed by atoms with van der Waals surface area (Å²) in [6.07, 6.45) is 0. The third kappa shape index (κ3) is 1.89. The van der Waals surface area contributed by atoms with Gasteiger partial charge in [-0.3, -0.25) is 5.32 Å². The van der Waals surface area contributed by atoms with Gasteiger partial charge in [-0.15, -0.1) is 0 Å². The van der Waals surface area contributed by atoms with Crippen LogP contribution in [-0.4, -0.2) is 53.4 Å². The number of aliphatic hydroxyl groups excluding tert-OH is 2. The van der Waals surface area contributed by atoms with Crippen LogP contribution in [0.4, 0.5) is 4.79 Å². The van der Waals surface area contributed by atoms with Gasteiger partial charge in [0.1, 0.15) is 0 Å². The first-order chi connectivity index (χ1) is 6.14. The van der Waals surface area contributed by atoms with E-state index in [4.69, 9.17) is 15.9 Å². The van der Waals surface area contributed by atoms with Crippen molar-refractivity contribution in [3.63, 3.8) is 0 Å². The lowest BCUT2D eigenvalue weighted by molar-refractivity contribution is -0.0216. The van der Waals surface area contributed by atoms with Crippen LogP contribution in [0.3, 0.4) is 0 Å². The Morgan fingerprint density at radius 3 is 2.85 bits per heavy atom. The lowest BCUT2D eigenvalue weighted by Gasteiger charge is -2.35. The summed E-state index contributed by atoms with van der Waals surface area (Å²) in [4.78, 5) is 12.1. The molecule has 0 aromatic carbocycles. The van der Waals surface area contributed by atoms with Gasteiger partial charge in [0.2, 0.25) is 0 Å². The van der Waals surface area contributed by atoms with Gasteiger partial charge in [0.15, 0.2) is 5.79 Å². The van der Waals surface area contributed by atoms with Crippen LogP contribution < -0.4 is 16.4 Å². The van der Waals surface area contributed by atoms with E-state index in [2.05, 4.69) is 10.6 Å². The first-order valence-electron chi connectivity index (χ1n) is 3.94. The van der Waals surface area contributed by atoms with Crippen LogP contribution in [0.1, 0.15) is 0 Å². The highest BCUT2D eigenvalue weighted by Crippen LogP contribution is 2.11. The number of aliphatic hydroxyl groups is 2. The summed E-state index contributed by atoms with van der Waals surface area (Å²) >= 11 is 0. The Balaban J connectivity index is 2.71. The number of hydrogen-bond acceptors (Lipinski definition) is 5. The largest absolute Gasteiger partial charge is 0.391 e. The number of nitrogens with one attached hydrogen (secondary N) is 2. The smallest absolute Gasteiger partial charge is 0.314 e. The van der Waals surface area contributed by atoms with Crippen molar-refractivity contribution in [2.75, 3.05) is 26.4 Å². The molecule has 76 valence electrons. The SMILES string of the molecule is NC(=O)NC1(CO)NCCN1CO. The third-order valence-corrected chi connectivity index (χ3v) is 2.07. The van der Waals surface area contributed by atoms with Gasteiger partial charge in [0, 0.05) is 13.1 Å². The second-order valence-corrected chi connectivity index (χ2v) is 2.84. The van der Waals surface area contributed by atoms with E-state index < -0.39 is 11.8 Å². The number of hydrogen-bond donors (Lipinski definition) is 5. The summed E-state index contributed by atoms with van der Waals surface area (Å²) in [6, 6.07) is -0.748. The maximum Gasteiger partial charge on any atom is 0.314 e.